The highest BCUT2D eigenvalue weighted by Crippen LogP contribution is 2.06. The summed E-state index contributed by atoms with van der Waals surface area (Å²) < 4.78 is 1.69. The average Bonchev–Trinajstić information content (AvgIpc) is 2.78. The molecule has 0 aromatic carbocycles. The number of amides is 1. The fourth-order valence-corrected chi connectivity index (χ4v) is 2.16. The minimum atomic E-state index is -0.247. The van der Waals surface area contributed by atoms with E-state index in [4.69, 9.17) is 0 Å². The summed E-state index contributed by atoms with van der Waals surface area (Å²) in [5.74, 6) is 0.426. The Morgan fingerprint density at radius 2 is 2.14 bits per heavy atom. The Labute approximate surface area is 122 Å². The second-order valence-corrected chi connectivity index (χ2v) is 5.16. The molecule has 0 fully saturated rings. The molecule has 7 nitrogen and oxygen atoms in total. The zero-order valence-electron chi connectivity index (χ0n) is 12.7. The summed E-state index contributed by atoms with van der Waals surface area (Å²) in [5, 5.41) is 4.06. The first-order valence-corrected chi connectivity index (χ1v) is 6.64. The van der Waals surface area contributed by atoms with Gasteiger partial charge in [0.25, 0.3) is 5.56 Å². The fraction of sp³-hybridized carbons (Fsp3) is 0.429. The summed E-state index contributed by atoms with van der Waals surface area (Å²) in [6.07, 6.45) is 3.62. The lowest BCUT2D eigenvalue weighted by Crippen LogP contribution is -2.30. The predicted molar refractivity (Wildman–Crippen MR) is 77.7 cm³/mol. The molecule has 0 unspecified atom stereocenters. The third-order valence-corrected chi connectivity index (χ3v) is 3.27. The highest BCUT2D eigenvalue weighted by molar-refractivity contribution is 5.78. The van der Waals surface area contributed by atoms with Crippen molar-refractivity contribution >= 4 is 5.91 Å². The van der Waals surface area contributed by atoms with Crippen molar-refractivity contribution in [1.29, 1.82) is 0 Å². The van der Waals surface area contributed by atoms with Crippen LogP contribution in [0, 0.1) is 13.8 Å². The Hall–Kier alpha value is -2.44. The van der Waals surface area contributed by atoms with Crippen molar-refractivity contribution in [3.63, 3.8) is 0 Å². The van der Waals surface area contributed by atoms with Crippen LogP contribution in [0.25, 0.3) is 0 Å². The second kappa shape index (κ2) is 5.90. The van der Waals surface area contributed by atoms with E-state index in [2.05, 4.69) is 15.1 Å². The average molecular weight is 289 g/mol. The number of rotatable bonds is 4. The van der Waals surface area contributed by atoms with E-state index in [1.807, 2.05) is 13.2 Å². The van der Waals surface area contributed by atoms with Crippen LogP contribution in [0.15, 0.2) is 17.2 Å². The van der Waals surface area contributed by atoms with Gasteiger partial charge in [-0.05, 0) is 13.8 Å². The molecule has 0 bridgehead atoms. The molecule has 0 aliphatic carbocycles. The summed E-state index contributed by atoms with van der Waals surface area (Å²) in [5.41, 5.74) is 1.71. The molecule has 112 valence electrons. The zero-order chi connectivity index (χ0) is 15.6. The van der Waals surface area contributed by atoms with Crippen LogP contribution in [0.4, 0.5) is 0 Å². The lowest BCUT2D eigenvalue weighted by molar-refractivity contribution is -0.129. The monoisotopic (exact) mass is 289 g/mol. The maximum atomic E-state index is 12.2. The summed E-state index contributed by atoms with van der Waals surface area (Å²) in [6.45, 7) is 3.92. The number of hydrogen-bond acceptors (Lipinski definition) is 4. The highest BCUT2D eigenvalue weighted by Gasteiger charge is 2.15. The largest absolute Gasteiger partial charge is 0.341 e. The standard InChI is InChI=1S/C14H19N5O2/c1-9-12(14(21)17-10(2)16-9)5-13(20)18(3)7-11-6-15-19(4)8-11/h6,8H,5,7H2,1-4H3,(H,16,17,21). The minimum absolute atomic E-state index is 0.0468. The van der Waals surface area contributed by atoms with E-state index in [0.717, 1.165) is 5.56 Å². The van der Waals surface area contributed by atoms with Crippen molar-refractivity contribution in [2.45, 2.75) is 26.8 Å². The predicted octanol–water partition coefficient (Wildman–Crippen LogP) is 0.321. The molecule has 1 amide bonds. The van der Waals surface area contributed by atoms with E-state index in [9.17, 15) is 9.59 Å². The molecule has 2 heterocycles. The number of aromatic amines is 1. The van der Waals surface area contributed by atoms with Crippen LogP contribution < -0.4 is 5.56 Å². The number of likely N-dealkylation sites (N-methyl/N-ethyl adjacent to an activating group) is 1. The van der Waals surface area contributed by atoms with E-state index in [1.165, 1.54) is 0 Å². The van der Waals surface area contributed by atoms with E-state index in [1.54, 1.807) is 36.7 Å². The van der Waals surface area contributed by atoms with Crippen LogP contribution >= 0.6 is 0 Å². The normalized spacial score (nSPS) is 10.7. The van der Waals surface area contributed by atoms with Gasteiger partial charge in [0.15, 0.2) is 0 Å². The summed E-state index contributed by atoms with van der Waals surface area (Å²) in [6, 6.07) is 0. The molecule has 2 aromatic rings. The molecule has 21 heavy (non-hydrogen) atoms. The SMILES string of the molecule is Cc1nc(C)c(CC(=O)N(C)Cc2cnn(C)c2)c(=O)[nH]1. The van der Waals surface area contributed by atoms with E-state index >= 15 is 0 Å². The van der Waals surface area contributed by atoms with Crippen molar-refractivity contribution in [2.75, 3.05) is 7.05 Å². The summed E-state index contributed by atoms with van der Waals surface area (Å²) >= 11 is 0. The third-order valence-electron chi connectivity index (χ3n) is 3.27. The van der Waals surface area contributed by atoms with Gasteiger partial charge in [-0.1, -0.05) is 0 Å². The van der Waals surface area contributed by atoms with Gasteiger partial charge in [-0.15, -0.1) is 0 Å². The maximum Gasteiger partial charge on any atom is 0.254 e. The quantitative estimate of drug-likeness (QED) is 0.878. The van der Waals surface area contributed by atoms with Gasteiger partial charge in [-0.3, -0.25) is 14.3 Å². The maximum absolute atomic E-state index is 12.2. The molecule has 2 aromatic heterocycles. The Morgan fingerprint density at radius 1 is 1.43 bits per heavy atom. The number of nitrogens with one attached hydrogen (secondary N) is 1. The van der Waals surface area contributed by atoms with E-state index in [0.29, 0.717) is 23.6 Å². The first kappa shape index (κ1) is 15.0. The summed E-state index contributed by atoms with van der Waals surface area (Å²) in [4.78, 5) is 32.5. The van der Waals surface area contributed by atoms with Gasteiger partial charge in [0.2, 0.25) is 5.91 Å². The Balaban J connectivity index is 2.09. The van der Waals surface area contributed by atoms with Crippen molar-refractivity contribution in [1.82, 2.24) is 24.6 Å². The second-order valence-electron chi connectivity index (χ2n) is 5.16. The molecule has 1 N–H and O–H groups in total. The molecule has 2 rings (SSSR count). The topological polar surface area (TPSA) is 83.9 Å². The molecular formula is C14H19N5O2. The number of H-pyrrole nitrogens is 1. The van der Waals surface area contributed by atoms with Crippen molar-refractivity contribution in [3.8, 4) is 0 Å². The van der Waals surface area contributed by atoms with Crippen molar-refractivity contribution in [3.05, 3.63) is 45.4 Å². The molecule has 0 saturated heterocycles. The van der Waals surface area contributed by atoms with Gasteiger partial charge in [-0.25, -0.2) is 4.98 Å². The lowest BCUT2D eigenvalue weighted by Gasteiger charge is -2.16. The van der Waals surface area contributed by atoms with E-state index in [-0.39, 0.29) is 17.9 Å². The Morgan fingerprint density at radius 3 is 2.71 bits per heavy atom. The minimum Gasteiger partial charge on any atom is -0.341 e. The number of nitrogens with zero attached hydrogens (tertiary/aromatic N) is 4. The molecule has 0 atom stereocenters. The van der Waals surface area contributed by atoms with Crippen LogP contribution in [-0.4, -0.2) is 37.6 Å². The first-order chi connectivity index (χ1) is 9.86. The van der Waals surface area contributed by atoms with Crippen LogP contribution in [0.2, 0.25) is 0 Å². The number of hydrogen-bond donors (Lipinski definition) is 1. The molecule has 0 radical (unpaired) electrons. The molecule has 0 saturated carbocycles. The van der Waals surface area contributed by atoms with Crippen molar-refractivity contribution < 1.29 is 4.79 Å². The Bertz CT molecular complexity index is 716. The van der Waals surface area contributed by atoms with Crippen LogP contribution in [0.1, 0.15) is 22.6 Å². The number of aromatic nitrogens is 4. The van der Waals surface area contributed by atoms with Gasteiger partial charge in [0.1, 0.15) is 5.82 Å². The number of carbonyl (C=O) groups is 1. The lowest BCUT2D eigenvalue weighted by atomic mass is 10.1. The number of carbonyl (C=O) groups excluding carboxylic acids is 1. The first-order valence-electron chi connectivity index (χ1n) is 6.64. The van der Waals surface area contributed by atoms with Crippen LogP contribution in [0.5, 0.6) is 0 Å². The van der Waals surface area contributed by atoms with Gasteiger partial charge in [-0.2, -0.15) is 5.10 Å². The number of aryl methyl sites for hydroxylation is 3. The molecule has 0 aliphatic rings. The zero-order valence-corrected chi connectivity index (χ0v) is 12.7. The van der Waals surface area contributed by atoms with Crippen molar-refractivity contribution in [2.24, 2.45) is 7.05 Å². The molecule has 0 aliphatic heterocycles. The van der Waals surface area contributed by atoms with Gasteiger partial charge >= 0.3 is 0 Å². The van der Waals surface area contributed by atoms with Gasteiger partial charge < -0.3 is 9.88 Å². The third kappa shape index (κ3) is 3.56. The molecule has 7 heteroatoms. The van der Waals surface area contributed by atoms with Crippen LogP contribution in [-0.2, 0) is 24.8 Å². The van der Waals surface area contributed by atoms with Gasteiger partial charge in [0.05, 0.1) is 12.6 Å². The van der Waals surface area contributed by atoms with Gasteiger partial charge in [0, 0.05) is 43.7 Å². The summed E-state index contributed by atoms with van der Waals surface area (Å²) in [7, 11) is 3.53. The van der Waals surface area contributed by atoms with E-state index < -0.39 is 0 Å². The molecular weight excluding hydrogens is 270 g/mol. The molecule has 0 spiro atoms. The fourth-order valence-electron chi connectivity index (χ4n) is 2.16. The van der Waals surface area contributed by atoms with Crippen LogP contribution in [0.3, 0.4) is 0 Å². The Kier molecular flexibility index (Phi) is 4.21. The highest BCUT2D eigenvalue weighted by atomic mass is 16.2. The smallest absolute Gasteiger partial charge is 0.254 e.